The Hall–Kier alpha value is -2.70. The van der Waals surface area contributed by atoms with Crippen molar-refractivity contribution >= 4 is 17.1 Å². The van der Waals surface area contributed by atoms with Crippen LogP contribution in [0.2, 0.25) is 0 Å². The van der Waals surface area contributed by atoms with Gasteiger partial charge in [0.25, 0.3) is 5.69 Å². The van der Waals surface area contributed by atoms with Crippen LogP contribution in [0.4, 0.5) is 25.8 Å². The van der Waals surface area contributed by atoms with Crippen LogP contribution in [0.25, 0.3) is 0 Å². The number of rotatable bonds is 4. The Morgan fingerprint density at radius 2 is 2.04 bits per heavy atom. The standard InChI is InChI=1S/C16H15F2N3O2/c1-9(10-2-3-12(17)13(18)8-10)20-16-11-6-7-19-14(11)4-5-15(16)21(22)23/h2-5,8-9,19-20H,6-7H2,1H3. The summed E-state index contributed by atoms with van der Waals surface area (Å²) in [6.07, 6.45) is 0.670. The third-order valence-electron chi connectivity index (χ3n) is 3.98. The maximum Gasteiger partial charge on any atom is 0.292 e. The highest BCUT2D eigenvalue weighted by Crippen LogP contribution is 2.38. The number of nitrogens with zero attached hydrogens (tertiary/aromatic N) is 1. The zero-order chi connectivity index (χ0) is 16.6. The van der Waals surface area contributed by atoms with Crippen LogP contribution in [0.3, 0.4) is 0 Å². The highest BCUT2D eigenvalue weighted by Gasteiger charge is 2.25. The molecule has 0 radical (unpaired) electrons. The van der Waals surface area contributed by atoms with Crippen LogP contribution in [0.15, 0.2) is 30.3 Å². The molecule has 1 heterocycles. The van der Waals surface area contributed by atoms with Gasteiger partial charge < -0.3 is 10.6 Å². The van der Waals surface area contributed by atoms with Gasteiger partial charge >= 0.3 is 0 Å². The molecular weight excluding hydrogens is 304 g/mol. The molecule has 0 saturated carbocycles. The average Bonchev–Trinajstić information content (AvgIpc) is 2.98. The predicted molar refractivity (Wildman–Crippen MR) is 83.7 cm³/mol. The van der Waals surface area contributed by atoms with Gasteiger partial charge in [-0.1, -0.05) is 6.07 Å². The summed E-state index contributed by atoms with van der Waals surface area (Å²) in [4.78, 5) is 10.8. The molecule has 120 valence electrons. The maximum absolute atomic E-state index is 13.4. The topological polar surface area (TPSA) is 67.2 Å². The lowest BCUT2D eigenvalue weighted by Crippen LogP contribution is -2.10. The van der Waals surface area contributed by atoms with E-state index in [1.54, 1.807) is 13.0 Å². The minimum atomic E-state index is -0.939. The van der Waals surface area contributed by atoms with Gasteiger partial charge in [-0.2, -0.15) is 0 Å². The third kappa shape index (κ3) is 2.81. The fourth-order valence-corrected chi connectivity index (χ4v) is 2.78. The van der Waals surface area contributed by atoms with Gasteiger partial charge in [0.05, 0.1) is 4.92 Å². The lowest BCUT2D eigenvalue weighted by atomic mass is 10.0. The Labute approximate surface area is 131 Å². The zero-order valence-electron chi connectivity index (χ0n) is 12.4. The minimum Gasteiger partial charge on any atom is -0.384 e. The van der Waals surface area contributed by atoms with Gasteiger partial charge in [0, 0.05) is 29.9 Å². The second-order valence-corrected chi connectivity index (χ2v) is 5.46. The van der Waals surface area contributed by atoms with Crippen LogP contribution in [0.1, 0.15) is 24.1 Å². The molecule has 23 heavy (non-hydrogen) atoms. The Balaban J connectivity index is 1.97. The molecule has 5 nitrogen and oxygen atoms in total. The summed E-state index contributed by atoms with van der Waals surface area (Å²) in [5.41, 5.74) is 2.61. The summed E-state index contributed by atoms with van der Waals surface area (Å²) in [7, 11) is 0. The number of halogens is 2. The molecule has 2 aromatic carbocycles. The van der Waals surface area contributed by atoms with E-state index in [-0.39, 0.29) is 5.69 Å². The van der Waals surface area contributed by atoms with E-state index in [9.17, 15) is 18.9 Å². The number of benzene rings is 2. The number of fused-ring (bicyclic) bond motifs is 1. The van der Waals surface area contributed by atoms with Crippen LogP contribution in [0.5, 0.6) is 0 Å². The SMILES string of the molecule is CC(Nc1c([N+](=O)[O-])ccc2c1CCN2)c1ccc(F)c(F)c1. The van der Waals surface area contributed by atoms with Gasteiger partial charge in [-0.15, -0.1) is 0 Å². The lowest BCUT2D eigenvalue weighted by molar-refractivity contribution is -0.384. The molecule has 0 spiro atoms. The van der Waals surface area contributed by atoms with Crippen molar-refractivity contribution in [1.29, 1.82) is 0 Å². The van der Waals surface area contributed by atoms with E-state index >= 15 is 0 Å². The summed E-state index contributed by atoms with van der Waals surface area (Å²) in [5, 5.41) is 17.5. The number of nitro benzene ring substituents is 1. The summed E-state index contributed by atoms with van der Waals surface area (Å²) < 4.78 is 26.4. The van der Waals surface area contributed by atoms with Crippen molar-refractivity contribution in [3.8, 4) is 0 Å². The highest BCUT2D eigenvalue weighted by atomic mass is 19.2. The second-order valence-electron chi connectivity index (χ2n) is 5.46. The molecule has 0 bridgehead atoms. The van der Waals surface area contributed by atoms with Crippen LogP contribution < -0.4 is 10.6 Å². The van der Waals surface area contributed by atoms with Crippen LogP contribution >= 0.6 is 0 Å². The molecule has 7 heteroatoms. The van der Waals surface area contributed by atoms with Gasteiger partial charge in [0.15, 0.2) is 11.6 Å². The Bertz CT molecular complexity index is 780. The average molecular weight is 319 g/mol. The molecule has 0 saturated heterocycles. The van der Waals surface area contributed by atoms with Crippen molar-refractivity contribution in [3.05, 3.63) is 63.2 Å². The summed E-state index contributed by atoms with van der Waals surface area (Å²) in [5.74, 6) is -1.86. The monoisotopic (exact) mass is 319 g/mol. The summed E-state index contributed by atoms with van der Waals surface area (Å²) in [6.45, 7) is 2.46. The predicted octanol–water partition coefficient (Wildman–Crippen LogP) is 4.01. The van der Waals surface area contributed by atoms with Crippen molar-refractivity contribution in [2.75, 3.05) is 17.2 Å². The van der Waals surface area contributed by atoms with Gasteiger partial charge in [-0.25, -0.2) is 8.78 Å². The van der Waals surface area contributed by atoms with Crippen molar-refractivity contribution in [2.24, 2.45) is 0 Å². The smallest absolute Gasteiger partial charge is 0.292 e. The molecule has 1 aliphatic heterocycles. The third-order valence-corrected chi connectivity index (χ3v) is 3.98. The highest BCUT2D eigenvalue weighted by molar-refractivity contribution is 5.77. The molecule has 0 amide bonds. The molecule has 0 aromatic heterocycles. The van der Waals surface area contributed by atoms with E-state index in [1.165, 1.54) is 12.1 Å². The van der Waals surface area contributed by atoms with Crippen LogP contribution in [-0.4, -0.2) is 11.5 Å². The van der Waals surface area contributed by atoms with Crippen LogP contribution in [0, 0.1) is 21.7 Å². The zero-order valence-corrected chi connectivity index (χ0v) is 12.4. The molecule has 3 rings (SSSR count). The quantitative estimate of drug-likeness (QED) is 0.660. The van der Waals surface area contributed by atoms with E-state index in [4.69, 9.17) is 0 Å². The number of hydrogen-bond acceptors (Lipinski definition) is 4. The number of hydrogen-bond donors (Lipinski definition) is 2. The van der Waals surface area contributed by atoms with Gasteiger partial charge in [-0.3, -0.25) is 10.1 Å². The fourth-order valence-electron chi connectivity index (χ4n) is 2.78. The number of nitro groups is 1. The van der Waals surface area contributed by atoms with Crippen LogP contribution in [-0.2, 0) is 6.42 Å². The minimum absolute atomic E-state index is 0.0260. The fraction of sp³-hybridized carbons (Fsp3) is 0.250. The molecule has 1 unspecified atom stereocenters. The number of nitrogens with one attached hydrogen (secondary N) is 2. The van der Waals surface area contributed by atoms with Gasteiger partial charge in [0.2, 0.25) is 0 Å². The van der Waals surface area contributed by atoms with E-state index < -0.39 is 22.6 Å². The normalized spacial score (nSPS) is 14.0. The van der Waals surface area contributed by atoms with Crippen molar-refractivity contribution in [2.45, 2.75) is 19.4 Å². The Morgan fingerprint density at radius 3 is 2.74 bits per heavy atom. The molecule has 2 aromatic rings. The van der Waals surface area contributed by atoms with Gasteiger partial charge in [0.1, 0.15) is 5.69 Å². The van der Waals surface area contributed by atoms with E-state index in [2.05, 4.69) is 10.6 Å². The second kappa shape index (κ2) is 5.83. The van der Waals surface area contributed by atoms with E-state index in [1.807, 2.05) is 0 Å². The largest absolute Gasteiger partial charge is 0.384 e. The Kier molecular flexibility index (Phi) is 3.85. The molecule has 0 aliphatic carbocycles. The van der Waals surface area contributed by atoms with Crippen molar-refractivity contribution < 1.29 is 13.7 Å². The van der Waals surface area contributed by atoms with Gasteiger partial charge in [-0.05, 0) is 37.1 Å². The van der Waals surface area contributed by atoms with E-state index in [0.717, 1.165) is 23.4 Å². The molecule has 2 N–H and O–H groups in total. The molecule has 1 aliphatic rings. The number of anilines is 2. The first-order valence-electron chi connectivity index (χ1n) is 7.23. The summed E-state index contributed by atoms with van der Waals surface area (Å²) >= 11 is 0. The Morgan fingerprint density at radius 1 is 1.26 bits per heavy atom. The lowest BCUT2D eigenvalue weighted by Gasteiger charge is -2.18. The van der Waals surface area contributed by atoms with E-state index in [0.29, 0.717) is 24.2 Å². The molecular formula is C16H15F2N3O2. The summed E-state index contributed by atoms with van der Waals surface area (Å²) in [6, 6.07) is 6.33. The van der Waals surface area contributed by atoms with Crippen molar-refractivity contribution in [3.63, 3.8) is 0 Å². The van der Waals surface area contributed by atoms with Crippen molar-refractivity contribution in [1.82, 2.24) is 0 Å². The first-order chi connectivity index (χ1) is 11.0. The first-order valence-corrected chi connectivity index (χ1v) is 7.23. The first kappa shape index (κ1) is 15.2. The molecule has 1 atom stereocenters. The molecule has 0 fully saturated rings. The maximum atomic E-state index is 13.4.